The molecule has 29 heavy (non-hydrogen) atoms. The molecule has 1 aromatic carbocycles. The number of hydrogen-bond donors (Lipinski definition) is 0. The zero-order valence-corrected chi connectivity index (χ0v) is 17.0. The summed E-state index contributed by atoms with van der Waals surface area (Å²) in [5.41, 5.74) is 1.60. The van der Waals surface area contributed by atoms with Crippen LogP contribution in [0.25, 0.3) is 5.69 Å². The van der Waals surface area contributed by atoms with Crippen LogP contribution in [-0.2, 0) is 0 Å². The normalized spacial score (nSPS) is 20.9. The van der Waals surface area contributed by atoms with E-state index in [0.29, 0.717) is 11.7 Å². The monoisotopic (exact) mass is 394 g/mol. The third-order valence-corrected chi connectivity index (χ3v) is 6.37. The Morgan fingerprint density at radius 1 is 1.00 bits per heavy atom. The Bertz CT molecular complexity index is 829. The number of carbonyl (C=O) groups excluding carboxylic acids is 1. The summed E-state index contributed by atoms with van der Waals surface area (Å²) in [7, 11) is 0. The van der Waals surface area contributed by atoms with Crippen LogP contribution in [0.1, 0.15) is 48.9 Å². The van der Waals surface area contributed by atoms with Gasteiger partial charge in [-0.25, -0.2) is 4.68 Å². The minimum Gasteiger partial charge on any atom is -0.490 e. The van der Waals surface area contributed by atoms with Crippen LogP contribution in [0.3, 0.4) is 0 Å². The second kappa shape index (κ2) is 8.19. The van der Waals surface area contributed by atoms with Gasteiger partial charge in [0.15, 0.2) is 0 Å². The highest BCUT2D eigenvalue weighted by Gasteiger charge is 2.27. The summed E-state index contributed by atoms with van der Waals surface area (Å²) >= 11 is 0. The van der Waals surface area contributed by atoms with E-state index < -0.39 is 0 Å². The number of hydrogen-bond acceptors (Lipinski definition) is 4. The number of ether oxygens (including phenoxy) is 1. The van der Waals surface area contributed by atoms with Crippen molar-refractivity contribution in [3.63, 3.8) is 0 Å². The SMILES string of the molecule is O=C(c1cnn(-c2ccc(OC3CCN(CC4CC4)CC3)cc2)c1)N1CCCC1. The van der Waals surface area contributed by atoms with Gasteiger partial charge in [0, 0.05) is 38.9 Å². The van der Waals surface area contributed by atoms with Crippen LogP contribution in [0.4, 0.5) is 0 Å². The van der Waals surface area contributed by atoms with Crippen molar-refractivity contribution in [2.24, 2.45) is 5.92 Å². The van der Waals surface area contributed by atoms with Crippen molar-refractivity contribution in [1.29, 1.82) is 0 Å². The van der Waals surface area contributed by atoms with Crippen molar-refractivity contribution >= 4 is 5.91 Å². The first-order valence-electron chi connectivity index (χ1n) is 11.1. The number of carbonyl (C=O) groups is 1. The van der Waals surface area contributed by atoms with E-state index in [4.69, 9.17) is 4.74 Å². The fourth-order valence-electron chi connectivity index (χ4n) is 4.42. The minimum atomic E-state index is 0.0849. The number of aromatic nitrogens is 2. The number of piperidine rings is 1. The molecule has 0 radical (unpaired) electrons. The third-order valence-electron chi connectivity index (χ3n) is 6.37. The summed E-state index contributed by atoms with van der Waals surface area (Å²) < 4.78 is 7.98. The van der Waals surface area contributed by atoms with Crippen molar-refractivity contribution in [1.82, 2.24) is 19.6 Å². The maximum atomic E-state index is 12.5. The van der Waals surface area contributed by atoms with Gasteiger partial charge in [0.2, 0.25) is 0 Å². The van der Waals surface area contributed by atoms with Gasteiger partial charge < -0.3 is 14.5 Å². The van der Waals surface area contributed by atoms with E-state index in [9.17, 15) is 4.79 Å². The van der Waals surface area contributed by atoms with Gasteiger partial charge in [0.25, 0.3) is 5.91 Å². The Balaban J connectivity index is 1.16. The first kappa shape index (κ1) is 18.7. The molecule has 154 valence electrons. The molecule has 5 rings (SSSR count). The highest BCUT2D eigenvalue weighted by atomic mass is 16.5. The summed E-state index contributed by atoms with van der Waals surface area (Å²) in [6, 6.07) is 8.04. The molecule has 6 nitrogen and oxygen atoms in total. The van der Waals surface area contributed by atoms with E-state index in [2.05, 4.69) is 10.00 Å². The summed E-state index contributed by atoms with van der Waals surface area (Å²) in [5, 5.41) is 4.38. The fourth-order valence-corrected chi connectivity index (χ4v) is 4.42. The van der Waals surface area contributed by atoms with Crippen LogP contribution in [0, 0.1) is 5.92 Å². The minimum absolute atomic E-state index is 0.0849. The molecule has 2 aliphatic heterocycles. The summed E-state index contributed by atoms with van der Waals surface area (Å²) in [4.78, 5) is 17.0. The Hall–Kier alpha value is -2.34. The van der Waals surface area contributed by atoms with E-state index in [1.165, 1.54) is 19.4 Å². The zero-order chi connectivity index (χ0) is 19.6. The van der Waals surface area contributed by atoms with Crippen LogP contribution in [0.2, 0.25) is 0 Å². The molecular formula is C23H30N4O2. The standard InChI is InChI=1S/C23H30N4O2/c28-23(26-11-1-2-12-26)19-15-24-27(17-19)20-5-7-21(8-6-20)29-22-9-13-25(14-10-22)16-18-3-4-18/h5-8,15,17-18,22H,1-4,9-14,16H2. The average molecular weight is 395 g/mol. The number of rotatable bonds is 6. The summed E-state index contributed by atoms with van der Waals surface area (Å²) in [5.74, 6) is 1.96. The molecule has 2 saturated heterocycles. The van der Waals surface area contributed by atoms with Gasteiger partial charge in [-0.05, 0) is 68.7 Å². The van der Waals surface area contributed by atoms with Crippen LogP contribution in [-0.4, -0.2) is 64.3 Å². The number of likely N-dealkylation sites (tertiary alicyclic amines) is 2. The molecule has 6 heteroatoms. The molecule has 3 aliphatic rings. The zero-order valence-electron chi connectivity index (χ0n) is 17.0. The molecule has 0 N–H and O–H groups in total. The summed E-state index contributed by atoms with van der Waals surface area (Å²) in [6.07, 6.45) is 11.1. The fraction of sp³-hybridized carbons (Fsp3) is 0.565. The lowest BCUT2D eigenvalue weighted by atomic mass is 10.1. The Kier molecular flexibility index (Phi) is 5.27. The molecule has 3 heterocycles. The van der Waals surface area contributed by atoms with Crippen LogP contribution in [0.5, 0.6) is 5.75 Å². The number of amides is 1. The maximum absolute atomic E-state index is 12.5. The Morgan fingerprint density at radius 2 is 1.72 bits per heavy atom. The van der Waals surface area contributed by atoms with Gasteiger partial charge in [-0.1, -0.05) is 0 Å². The largest absolute Gasteiger partial charge is 0.490 e. The first-order chi connectivity index (χ1) is 14.2. The molecule has 0 bridgehead atoms. The third kappa shape index (κ3) is 4.47. The van der Waals surface area contributed by atoms with Gasteiger partial charge in [-0.15, -0.1) is 0 Å². The Labute approximate surface area is 172 Å². The highest BCUT2D eigenvalue weighted by molar-refractivity contribution is 5.94. The molecule has 1 saturated carbocycles. The van der Waals surface area contributed by atoms with Gasteiger partial charge in [0.05, 0.1) is 17.4 Å². The highest BCUT2D eigenvalue weighted by Crippen LogP contribution is 2.31. The second-order valence-corrected chi connectivity index (χ2v) is 8.73. The second-order valence-electron chi connectivity index (χ2n) is 8.73. The van der Waals surface area contributed by atoms with Gasteiger partial charge in [0.1, 0.15) is 11.9 Å². The van der Waals surface area contributed by atoms with E-state index >= 15 is 0 Å². The first-order valence-corrected chi connectivity index (χ1v) is 11.1. The van der Waals surface area contributed by atoms with Crippen molar-refractivity contribution < 1.29 is 9.53 Å². The van der Waals surface area contributed by atoms with E-state index in [1.807, 2.05) is 35.4 Å². The molecule has 3 fully saturated rings. The number of nitrogens with zero attached hydrogens (tertiary/aromatic N) is 4. The number of benzene rings is 1. The van der Waals surface area contributed by atoms with Crippen molar-refractivity contribution in [3.05, 3.63) is 42.2 Å². The smallest absolute Gasteiger partial charge is 0.257 e. The summed E-state index contributed by atoms with van der Waals surface area (Å²) in [6.45, 7) is 5.30. The van der Waals surface area contributed by atoms with Crippen molar-refractivity contribution in [2.45, 2.75) is 44.6 Å². The lowest BCUT2D eigenvalue weighted by Crippen LogP contribution is -2.39. The molecule has 1 aliphatic carbocycles. The predicted octanol–water partition coefficient (Wildman–Crippen LogP) is 3.36. The Morgan fingerprint density at radius 3 is 2.41 bits per heavy atom. The lowest BCUT2D eigenvalue weighted by molar-refractivity contribution is 0.0793. The molecule has 2 aromatic rings. The molecule has 1 aromatic heterocycles. The van der Waals surface area contributed by atoms with E-state index in [-0.39, 0.29) is 5.91 Å². The molecular weight excluding hydrogens is 364 g/mol. The van der Waals surface area contributed by atoms with Crippen LogP contribution < -0.4 is 4.74 Å². The van der Waals surface area contributed by atoms with E-state index in [1.54, 1.807) is 10.9 Å². The maximum Gasteiger partial charge on any atom is 0.257 e. The van der Waals surface area contributed by atoms with Crippen molar-refractivity contribution in [2.75, 3.05) is 32.7 Å². The molecule has 0 atom stereocenters. The van der Waals surface area contributed by atoms with Crippen LogP contribution in [0.15, 0.2) is 36.7 Å². The van der Waals surface area contributed by atoms with Crippen molar-refractivity contribution in [3.8, 4) is 11.4 Å². The quantitative estimate of drug-likeness (QED) is 0.754. The van der Waals surface area contributed by atoms with Gasteiger partial charge >= 0.3 is 0 Å². The topological polar surface area (TPSA) is 50.6 Å². The predicted molar refractivity (Wildman–Crippen MR) is 112 cm³/mol. The molecule has 0 unspecified atom stereocenters. The van der Waals surface area contributed by atoms with Crippen LogP contribution >= 0.6 is 0 Å². The van der Waals surface area contributed by atoms with Gasteiger partial charge in [-0.2, -0.15) is 5.10 Å². The van der Waals surface area contributed by atoms with E-state index in [0.717, 1.165) is 69.2 Å². The molecule has 1 amide bonds. The molecule has 0 spiro atoms. The van der Waals surface area contributed by atoms with Gasteiger partial charge in [-0.3, -0.25) is 4.79 Å². The average Bonchev–Trinajstić information content (AvgIpc) is 3.22. The lowest BCUT2D eigenvalue weighted by Gasteiger charge is -2.32.